The van der Waals surface area contributed by atoms with Crippen molar-refractivity contribution in [3.8, 4) is 0 Å². The lowest BCUT2D eigenvalue weighted by molar-refractivity contribution is -0.122. The molecule has 1 aliphatic rings. The van der Waals surface area contributed by atoms with E-state index in [0.29, 0.717) is 24.8 Å². The molecule has 1 aliphatic carbocycles. The largest absolute Gasteiger partial charge is 0.356 e. The van der Waals surface area contributed by atoms with Crippen LogP contribution in [0.2, 0.25) is 0 Å². The number of amides is 1. The van der Waals surface area contributed by atoms with Gasteiger partial charge in [-0.05, 0) is 62.5 Å². The van der Waals surface area contributed by atoms with Gasteiger partial charge in [-0.3, -0.25) is 4.79 Å². The fourth-order valence-corrected chi connectivity index (χ4v) is 3.26. The van der Waals surface area contributed by atoms with E-state index in [2.05, 4.69) is 35.6 Å². The maximum atomic E-state index is 11.9. The molecule has 0 bridgehead atoms. The lowest BCUT2D eigenvalue weighted by Crippen LogP contribution is -2.28. The first-order valence-corrected chi connectivity index (χ1v) is 8.31. The van der Waals surface area contributed by atoms with Gasteiger partial charge in [-0.25, -0.2) is 0 Å². The number of carbonyl (C=O) groups excluding carboxylic acids is 1. The van der Waals surface area contributed by atoms with Crippen LogP contribution < -0.4 is 11.1 Å². The molecule has 1 aromatic carbocycles. The molecule has 1 fully saturated rings. The Morgan fingerprint density at radius 2 is 1.77 bits per heavy atom. The van der Waals surface area contributed by atoms with Gasteiger partial charge in [-0.2, -0.15) is 0 Å². The lowest BCUT2D eigenvalue weighted by atomic mass is 9.77. The van der Waals surface area contributed by atoms with Crippen molar-refractivity contribution in [1.82, 2.24) is 5.32 Å². The van der Waals surface area contributed by atoms with Crippen molar-refractivity contribution in [2.75, 3.05) is 13.1 Å². The van der Waals surface area contributed by atoms with E-state index in [-0.39, 0.29) is 18.3 Å². The number of unbranched alkanes of at least 4 members (excludes halogenated alkanes) is 1. The Labute approximate surface area is 140 Å². The van der Waals surface area contributed by atoms with Crippen molar-refractivity contribution in [2.24, 2.45) is 11.7 Å². The number of rotatable bonds is 7. The van der Waals surface area contributed by atoms with Gasteiger partial charge in [0, 0.05) is 13.0 Å². The highest BCUT2D eigenvalue weighted by molar-refractivity contribution is 5.85. The first kappa shape index (κ1) is 19.0. The van der Waals surface area contributed by atoms with E-state index in [4.69, 9.17) is 5.73 Å². The van der Waals surface area contributed by atoms with Crippen molar-refractivity contribution >= 4 is 18.3 Å². The average Bonchev–Trinajstić information content (AvgIpc) is 2.53. The van der Waals surface area contributed by atoms with Gasteiger partial charge in [0.25, 0.3) is 0 Å². The zero-order valence-corrected chi connectivity index (χ0v) is 14.1. The third-order valence-electron chi connectivity index (χ3n) is 4.54. The summed E-state index contributed by atoms with van der Waals surface area (Å²) in [4.78, 5) is 11.9. The minimum Gasteiger partial charge on any atom is -0.356 e. The number of halogens is 1. The molecule has 124 valence electrons. The van der Waals surface area contributed by atoms with Crippen LogP contribution in [-0.4, -0.2) is 19.0 Å². The summed E-state index contributed by atoms with van der Waals surface area (Å²) < 4.78 is 0. The van der Waals surface area contributed by atoms with Crippen LogP contribution in [0.25, 0.3) is 0 Å². The zero-order valence-electron chi connectivity index (χ0n) is 13.3. The third kappa shape index (κ3) is 6.37. The average molecular weight is 325 g/mol. The van der Waals surface area contributed by atoms with Crippen LogP contribution in [-0.2, 0) is 4.79 Å². The lowest BCUT2D eigenvalue weighted by Gasteiger charge is -2.28. The predicted molar refractivity (Wildman–Crippen MR) is 94.3 cm³/mol. The standard InChI is InChI=1S/C18H28N2O.ClH/c19-12-4-5-13-20-18(21)14-15-8-10-17(11-9-15)16-6-2-1-3-7-16;/h1-3,6-7,15,17H,4-5,8-14,19H2,(H,20,21);1H. The van der Waals surface area contributed by atoms with E-state index < -0.39 is 0 Å². The SMILES string of the molecule is Cl.NCCCCNC(=O)CC1CCC(c2ccccc2)CC1. The molecule has 0 atom stereocenters. The highest BCUT2D eigenvalue weighted by atomic mass is 35.5. The van der Waals surface area contributed by atoms with Crippen LogP contribution in [0, 0.1) is 5.92 Å². The monoisotopic (exact) mass is 324 g/mol. The molecule has 0 radical (unpaired) electrons. The maximum absolute atomic E-state index is 11.9. The predicted octanol–water partition coefficient (Wildman–Crippen LogP) is 3.63. The molecule has 0 spiro atoms. The van der Waals surface area contributed by atoms with Crippen molar-refractivity contribution in [1.29, 1.82) is 0 Å². The highest BCUT2D eigenvalue weighted by Crippen LogP contribution is 2.36. The number of hydrogen-bond acceptors (Lipinski definition) is 2. The van der Waals surface area contributed by atoms with E-state index in [0.717, 1.165) is 19.4 Å². The summed E-state index contributed by atoms with van der Waals surface area (Å²) in [6, 6.07) is 10.8. The molecule has 0 saturated heterocycles. The molecule has 0 aromatic heterocycles. The second-order valence-corrected chi connectivity index (χ2v) is 6.18. The molecule has 0 unspecified atom stereocenters. The molecule has 3 nitrogen and oxygen atoms in total. The Bertz CT molecular complexity index is 416. The van der Waals surface area contributed by atoms with Crippen molar-refractivity contribution in [2.45, 2.75) is 50.9 Å². The second kappa shape index (κ2) is 10.6. The van der Waals surface area contributed by atoms with E-state index >= 15 is 0 Å². The van der Waals surface area contributed by atoms with Gasteiger partial charge in [0.1, 0.15) is 0 Å². The molecule has 0 aliphatic heterocycles. The molecule has 1 amide bonds. The van der Waals surface area contributed by atoms with Gasteiger partial charge in [0.15, 0.2) is 0 Å². The number of hydrogen-bond donors (Lipinski definition) is 2. The minimum absolute atomic E-state index is 0. The normalized spacial score (nSPS) is 21.0. The summed E-state index contributed by atoms with van der Waals surface area (Å²) in [6.45, 7) is 1.48. The Kier molecular flexibility index (Phi) is 9.17. The molecule has 2 rings (SSSR count). The summed E-state index contributed by atoms with van der Waals surface area (Å²) >= 11 is 0. The highest BCUT2D eigenvalue weighted by Gasteiger charge is 2.23. The maximum Gasteiger partial charge on any atom is 0.220 e. The van der Waals surface area contributed by atoms with Crippen molar-refractivity contribution in [3.63, 3.8) is 0 Å². The van der Waals surface area contributed by atoms with Gasteiger partial charge in [0.05, 0.1) is 0 Å². The smallest absolute Gasteiger partial charge is 0.220 e. The Hall–Kier alpha value is -1.06. The number of benzene rings is 1. The number of carbonyl (C=O) groups is 1. The van der Waals surface area contributed by atoms with Crippen LogP contribution in [0.3, 0.4) is 0 Å². The number of nitrogens with one attached hydrogen (secondary N) is 1. The van der Waals surface area contributed by atoms with Crippen molar-refractivity contribution in [3.05, 3.63) is 35.9 Å². The summed E-state index contributed by atoms with van der Waals surface area (Å²) in [5.41, 5.74) is 6.90. The van der Waals surface area contributed by atoms with Crippen molar-refractivity contribution < 1.29 is 4.79 Å². The summed E-state index contributed by atoms with van der Waals surface area (Å²) in [7, 11) is 0. The van der Waals surface area contributed by atoms with Crippen LogP contribution in [0.5, 0.6) is 0 Å². The molecular weight excluding hydrogens is 296 g/mol. The molecular formula is C18H29ClN2O. The van der Waals surface area contributed by atoms with Gasteiger partial charge < -0.3 is 11.1 Å². The van der Waals surface area contributed by atoms with Gasteiger partial charge in [0.2, 0.25) is 5.91 Å². The zero-order chi connectivity index (χ0) is 14.9. The first-order chi connectivity index (χ1) is 10.3. The fourth-order valence-electron chi connectivity index (χ4n) is 3.26. The van der Waals surface area contributed by atoms with Crippen LogP contribution in [0.1, 0.15) is 56.4 Å². The van der Waals surface area contributed by atoms with Crippen LogP contribution in [0.15, 0.2) is 30.3 Å². The summed E-state index contributed by atoms with van der Waals surface area (Å²) in [5.74, 6) is 1.48. The molecule has 1 saturated carbocycles. The van der Waals surface area contributed by atoms with Crippen LogP contribution in [0.4, 0.5) is 0 Å². The Morgan fingerprint density at radius 3 is 2.41 bits per heavy atom. The molecule has 0 heterocycles. The molecule has 3 N–H and O–H groups in total. The summed E-state index contributed by atoms with van der Waals surface area (Å²) in [5, 5.41) is 3.01. The number of nitrogens with two attached hydrogens (primary N) is 1. The second-order valence-electron chi connectivity index (χ2n) is 6.18. The summed E-state index contributed by atoms with van der Waals surface area (Å²) in [6.07, 6.45) is 7.46. The fraction of sp³-hybridized carbons (Fsp3) is 0.611. The van der Waals surface area contributed by atoms with Gasteiger partial charge in [-0.15, -0.1) is 12.4 Å². The van der Waals surface area contributed by atoms with E-state index in [1.165, 1.54) is 31.2 Å². The Balaban J connectivity index is 0.00000242. The topological polar surface area (TPSA) is 55.1 Å². The quantitative estimate of drug-likeness (QED) is 0.752. The van der Waals surface area contributed by atoms with E-state index in [9.17, 15) is 4.79 Å². The minimum atomic E-state index is 0. The molecule has 4 heteroatoms. The Morgan fingerprint density at radius 1 is 1.09 bits per heavy atom. The third-order valence-corrected chi connectivity index (χ3v) is 4.54. The molecule has 22 heavy (non-hydrogen) atoms. The van der Waals surface area contributed by atoms with Gasteiger partial charge in [-0.1, -0.05) is 30.3 Å². The van der Waals surface area contributed by atoms with Gasteiger partial charge >= 0.3 is 0 Å². The molecule has 1 aromatic rings. The van der Waals surface area contributed by atoms with E-state index in [1.807, 2.05) is 0 Å². The first-order valence-electron chi connectivity index (χ1n) is 8.31. The van der Waals surface area contributed by atoms with Crippen LogP contribution >= 0.6 is 12.4 Å². The van der Waals surface area contributed by atoms with E-state index in [1.54, 1.807) is 0 Å².